The van der Waals surface area contributed by atoms with Gasteiger partial charge in [-0.2, -0.15) is 5.10 Å². The number of aryl methyl sites for hydroxylation is 1. The van der Waals surface area contributed by atoms with Gasteiger partial charge in [0.15, 0.2) is 0 Å². The molecule has 0 saturated carbocycles. The molecular formula is C7H14N4O2S. The second-order valence-corrected chi connectivity index (χ2v) is 4.80. The molecule has 0 fully saturated rings. The van der Waals surface area contributed by atoms with Gasteiger partial charge in [-0.15, -0.1) is 0 Å². The minimum Gasteiger partial charge on any atom is -0.311 e. The van der Waals surface area contributed by atoms with Crippen LogP contribution in [0.2, 0.25) is 0 Å². The van der Waals surface area contributed by atoms with Gasteiger partial charge in [0.1, 0.15) is 0 Å². The van der Waals surface area contributed by atoms with Crippen molar-refractivity contribution in [2.24, 2.45) is 5.14 Å². The molecule has 1 aromatic rings. The Morgan fingerprint density at radius 3 is 2.86 bits per heavy atom. The average Bonchev–Trinajstić information content (AvgIpc) is 2.44. The molecule has 6 nitrogen and oxygen atoms in total. The highest BCUT2D eigenvalue weighted by molar-refractivity contribution is 7.89. The molecule has 0 bridgehead atoms. The minimum absolute atomic E-state index is 0.0517. The van der Waals surface area contributed by atoms with Crippen molar-refractivity contribution in [3.05, 3.63) is 17.5 Å². The Hall–Kier alpha value is -0.920. The molecule has 7 heteroatoms. The van der Waals surface area contributed by atoms with Crippen LogP contribution in [0.25, 0.3) is 0 Å². The summed E-state index contributed by atoms with van der Waals surface area (Å²) in [4.78, 5) is 0. The molecular weight excluding hydrogens is 204 g/mol. The third-order valence-electron chi connectivity index (χ3n) is 1.81. The van der Waals surface area contributed by atoms with Gasteiger partial charge in [0.05, 0.1) is 11.9 Å². The van der Waals surface area contributed by atoms with E-state index >= 15 is 0 Å². The number of aromatic nitrogens is 2. The predicted molar refractivity (Wildman–Crippen MR) is 53.0 cm³/mol. The third-order valence-corrected chi connectivity index (χ3v) is 2.59. The number of hydrogen-bond acceptors (Lipinski definition) is 4. The van der Waals surface area contributed by atoms with Crippen molar-refractivity contribution in [3.63, 3.8) is 0 Å². The first kappa shape index (κ1) is 11.2. The molecule has 80 valence electrons. The van der Waals surface area contributed by atoms with Crippen molar-refractivity contribution in [2.45, 2.75) is 13.5 Å². The van der Waals surface area contributed by atoms with Crippen LogP contribution in [0.1, 0.15) is 11.3 Å². The second kappa shape index (κ2) is 4.54. The summed E-state index contributed by atoms with van der Waals surface area (Å²) in [5.74, 6) is -0.0517. The molecule has 4 N–H and O–H groups in total. The van der Waals surface area contributed by atoms with Crippen LogP contribution in [-0.2, 0) is 16.6 Å². The van der Waals surface area contributed by atoms with Crippen molar-refractivity contribution in [3.8, 4) is 0 Å². The Kier molecular flexibility index (Phi) is 3.62. The number of aromatic amines is 1. The number of primary sulfonamides is 1. The van der Waals surface area contributed by atoms with Crippen molar-refractivity contribution >= 4 is 10.0 Å². The molecule has 0 aliphatic carbocycles. The van der Waals surface area contributed by atoms with Crippen LogP contribution in [0.5, 0.6) is 0 Å². The van der Waals surface area contributed by atoms with Crippen LogP contribution >= 0.6 is 0 Å². The molecule has 0 aromatic carbocycles. The summed E-state index contributed by atoms with van der Waals surface area (Å²) in [6.07, 6.45) is 1.71. The molecule has 0 unspecified atom stereocenters. The van der Waals surface area contributed by atoms with Gasteiger partial charge in [0.2, 0.25) is 10.0 Å². The predicted octanol–water partition coefficient (Wildman–Crippen LogP) is -0.904. The Labute approximate surface area is 82.9 Å². The first-order chi connectivity index (χ1) is 6.49. The summed E-state index contributed by atoms with van der Waals surface area (Å²) in [5.41, 5.74) is 2.01. The van der Waals surface area contributed by atoms with E-state index in [9.17, 15) is 8.42 Å². The largest absolute Gasteiger partial charge is 0.311 e. The van der Waals surface area contributed by atoms with Crippen LogP contribution < -0.4 is 10.5 Å². The Balaban J connectivity index is 2.26. The summed E-state index contributed by atoms with van der Waals surface area (Å²) < 4.78 is 21.2. The van der Waals surface area contributed by atoms with Crippen molar-refractivity contribution < 1.29 is 8.42 Å². The van der Waals surface area contributed by atoms with Gasteiger partial charge in [-0.05, 0) is 6.92 Å². The van der Waals surface area contributed by atoms with Gasteiger partial charge in [-0.1, -0.05) is 0 Å². The second-order valence-electron chi connectivity index (χ2n) is 3.06. The maximum Gasteiger partial charge on any atom is 0.210 e. The number of nitrogens with zero attached hydrogens (tertiary/aromatic N) is 1. The highest BCUT2D eigenvalue weighted by atomic mass is 32.2. The fourth-order valence-corrected chi connectivity index (χ4v) is 1.42. The number of H-pyrrole nitrogens is 1. The van der Waals surface area contributed by atoms with Gasteiger partial charge in [0.25, 0.3) is 0 Å². The number of rotatable bonds is 5. The lowest BCUT2D eigenvalue weighted by Crippen LogP contribution is -2.26. The smallest absolute Gasteiger partial charge is 0.210 e. The number of sulfonamides is 1. The first-order valence-electron chi connectivity index (χ1n) is 4.19. The fraction of sp³-hybridized carbons (Fsp3) is 0.571. The minimum atomic E-state index is -3.36. The van der Waals surface area contributed by atoms with Crippen LogP contribution in [-0.4, -0.2) is 30.9 Å². The normalized spacial score (nSPS) is 11.9. The highest BCUT2D eigenvalue weighted by Crippen LogP contribution is 2.00. The Bertz CT molecular complexity index is 384. The molecule has 1 heterocycles. The molecule has 0 aliphatic heterocycles. The third kappa shape index (κ3) is 3.86. The van der Waals surface area contributed by atoms with Gasteiger partial charge in [-0.25, -0.2) is 13.6 Å². The van der Waals surface area contributed by atoms with E-state index in [1.54, 1.807) is 6.20 Å². The van der Waals surface area contributed by atoms with E-state index in [-0.39, 0.29) is 5.75 Å². The Morgan fingerprint density at radius 2 is 2.36 bits per heavy atom. The number of nitrogens with one attached hydrogen (secondary N) is 2. The van der Waals surface area contributed by atoms with Gasteiger partial charge >= 0.3 is 0 Å². The van der Waals surface area contributed by atoms with E-state index in [1.165, 1.54) is 0 Å². The molecule has 0 atom stereocenters. The van der Waals surface area contributed by atoms with E-state index in [0.29, 0.717) is 13.1 Å². The molecule has 1 aromatic heterocycles. The topological polar surface area (TPSA) is 101 Å². The maximum absolute atomic E-state index is 10.6. The van der Waals surface area contributed by atoms with E-state index in [4.69, 9.17) is 5.14 Å². The summed E-state index contributed by atoms with van der Waals surface area (Å²) in [6.45, 7) is 2.85. The van der Waals surface area contributed by atoms with E-state index in [1.807, 2.05) is 6.92 Å². The lowest BCUT2D eigenvalue weighted by Gasteiger charge is -2.02. The van der Waals surface area contributed by atoms with Crippen LogP contribution in [0.3, 0.4) is 0 Å². The van der Waals surface area contributed by atoms with E-state index in [2.05, 4.69) is 15.5 Å². The average molecular weight is 218 g/mol. The van der Waals surface area contributed by atoms with Crippen LogP contribution in [0, 0.1) is 6.92 Å². The number of nitrogens with two attached hydrogens (primary N) is 1. The SMILES string of the molecule is Cc1[nH]ncc1CNCCS(N)(=O)=O. The monoisotopic (exact) mass is 218 g/mol. The van der Waals surface area contributed by atoms with Crippen LogP contribution in [0.4, 0.5) is 0 Å². The molecule has 0 aliphatic rings. The highest BCUT2D eigenvalue weighted by Gasteiger charge is 2.02. The van der Waals surface area contributed by atoms with Crippen molar-refractivity contribution in [2.75, 3.05) is 12.3 Å². The first-order valence-corrected chi connectivity index (χ1v) is 5.90. The van der Waals surface area contributed by atoms with Crippen molar-refractivity contribution in [1.29, 1.82) is 0 Å². The summed E-state index contributed by atoms with van der Waals surface area (Å²) in [7, 11) is -3.36. The molecule has 0 radical (unpaired) electrons. The van der Waals surface area contributed by atoms with Crippen LogP contribution in [0.15, 0.2) is 6.20 Å². The maximum atomic E-state index is 10.6. The fourth-order valence-electron chi connectivity index (χ4n) is 0.991. The lowest BCUT2D eigenvalue weighted by atomic mass is 10.3. The molecule has 0 amide bonds. The standard InChI is InChI=1S/C7H14N4O2S/c1-6-7(5-10-11-6)4-9-2-3-14(8,12)13/h5,9H,2-4H2,1H3,(H,10,11)(H2,8,12,13). The van der Waals surface area contributed by atoms with E-state index < -0.39 is 10.0 Å². The summed E-state index contributed by atoms with van der Waals surface area (Å²) in [5, 5.41) is 14.4. The zero-order chi connectivity index (χ0) is 10.6. The van der Waals surface area contributed by atoms with Gasteiger partial charge in [0, 0.05) is 24.3 Å². The summed E-state index contributed by atoms with van der Waals surface area (Å²) in [6, 6.07) is 0. The van der Waals surface area contributed by atoms with Gasteiger partial charge in [-0.3, -0.25) is 5.10 Å². The summed E-state index contributed by atoms with van der Waals surface area (Å²) >= 11 is 0. The Morgan fingerprint density at radius 1 is 1.64 bits per heavy atom. The lowest BCUT2D eigenvalue weighted by molar-refractivity contribution is 0.592. The molecule has 0 saturated heterocycles. The van der Waals surface area contributed by atoms with Crippen molar-refractivity contribution in [1.82, 2.24) is 15.5 Å². The zero-order valence-electron chi connectivity index (χ0n) is 7.95. The molecule has 14 heavy (non-hydrogen) atoms. The zero-order valence-corrected chi connectivity index (χ0v) is 8.76. The number of hydrogen-bond donors (Lipinski definition) is 3. The molecule has 1 rings (SSSR count). The van der Waals surface area contributed by atoms with Gasteiger partial charge < -0.3 is 5.32 Å². The quantitative estimate of drug-likeness (QED) is 0.557. The molecule has 0 spiro atoms. The van der Waals surface area contributed by atoms with E-state index in [0.717, 1.165) is 11.3 Å².